The fourth-order valence-corrected chi connectivity index (χ4v) is 5.84. The molecule has 1 aromatic heterocycles. The zero-order chi connectivity index (χ0) is 29.5. The van der Waals surface area contributed by atoms with Crippen LogP contribution in [0.2, 0.25) is 5.02 Å². The molecule has 0 amide bonds. The largest absolute Gasteiger partial charge is 0.479 e. The summed E-state index contributed by atoms with van der Waals surface area (Å²) < 4.78 is 11.8. The van der Waals surface area contributed by atoms with Gasteiger partial charge in [-0.15, -0.1) is 0 Å². The number of hydrogen-bond donors (Lipinski definition) is 1. The van der Waals surface area contributed by atoms with Crippen LogP contribution in [0.15, 0.2) is 48.4 Å². The van der Waals surface area contributed by atoms with Gasteiger partial charge in [-0.3, -0.25) is 0 Å². The Kier molecular flexibility index (Phi) is 8.10. The molecule has 0 saturated carbocycles. The molecule has 9 heteroatoms. The summed E-state index contributed by atoms with van der Waals surface area (Å²) in [7, 11) is 0. The minimum Gasteiger partial charge on any atom is -0.479 e. The molecular formula is C32H37ClN4O4. The van der Waals surface area contributed by atoms with Crippen molar-refractivity contribution in [2.24, 2.45) is 0 Å². The zero-order valence-electron chi connectivity index (χ0n) is 24.5. The molecule has 216 valence electrons. The van der Waals surface area contributed by atoms with Crippen LogP contribution >= 0.6 is 11.6 Å². The maximum absolute atomic E-state index is 12.9. The van der Waals surface area contributed by atoms with E-state index in [1.54, 1.807) is 12.4 Å². The molecule has 2 aliphatic heterocycles. The number of carboxylic acid groups (broad SMARTS) is 1. The van der Waals surface area contributed by atoms with Gasteiger partial charge >= 0.3 is 5.97 Å². The number of nitrogens with zero attached hydrogens (tertiary/aromatic N) is 4. The minimum atomic E-state index is -1.19. The summed E-state index contributed by atoms with van der Waals surface area (Å²) in [4.78, 5) is 26.8. The lowest BCUT2D eigenvalue weighted by Crippen LogP contribution is -2.41. The number of ether oxygens (including phenoxy) is 2. The lowest BCUT2D eigenvalue weighted by Gasteiger charge is -2.44. The molecule has 0 aliphatic carbocycles. The van der Waals surface area contributed by atoms with Gasteiger partial charge in [-0.2, -0.15) is 0 Å². The van der Waals surface area contributed by atoms with Gasteiger partial charge in [-0.25, -0.2) is 14.8 Å². The average Bonchev–Trinajstić information content (AvgIpc) is 2.93. The first-order valence-electron chi connectivity index (χ1n) is 14.0. The van der Waals surface area contributed by atoms with Crippen LogP contribution < -0.4 is 9.80 Å². The summed E-state index contributed by atoms with van der Waals surface area (Å²) in [6, 6.07) is 7.59. The second-order valence-corrected chi connectivity index (χ2v) is 11.9. The molecule has 5 rings (SSSR count). The Morgan fingerprint density at radius 1 is 1.07 bits per heavy atom. The molecule has 3 aromatic rings. The highest BCUT2D eigenvalue weighted by Gasteiger charge is 2.39. The van der Waals surface area contributed by atoms with Gasteiger partial charge in [0.15, 0.2) is 6.10 Å². The number of aromatic nitrogens is 2. The smallest absolute Gasteiger partial charge is 0.337 e. The second-order valence-electron chi connectivity index (χ2n) is 11.4. The van der Waals surface area contributed by atoms with Crippen LogP contribution in [0.3, 0.4) is 0 Å². The van der Waals surface area contributed by atoms with Gasteiger partial charge in [0.25, 0.3) is 0 Å². The van der Waals surface area contributed by atoms with E-state index < -0.39 is 17.7 Å². The van der Waals surface area contributed by atoms with E-state index in [9.17, 15) is 9.90 Å². The number of hydrogen-bond acceptors (Lipinski definition) is 7. The monoisotopic (exact) mass is 576 g/mol. The van der Waals surface area contributed by atoms with E-state index in [-0.39, 0.29) is 0 Å². The number of rotatable bonds is 8. The van der Waals surface area contributed by atoms with Crippen LogP contribution in [0.5, 0.6) is 0 Å². The summed E-state index contributed by atoms with van der Waals surface area (Å²) in [6.07, 6.45) is 5.26. The Morgan fingerprint density at radius 3 is 2.34 bits per heavy atom. The molecule has 2 aliphatic rings. The van der Waals surface area contributed by atoms with Gasteiger partial charge < -0.3 is 24.4 Å². The van der Waals surface area contributed by atoms with Crippen molar-refractivity contribution in [3.63, 3.8) is 0 Å². The van der Waals surface area contributed by atoms with Crippen molar-refractivity contribution in [2.75, 3.05) is 29.5 Å². The van der Waals surface area contributed by atoms with Crippen LogP contribution in [0, 0.1) is 6.92 Å². The molecule has 8 nitrogen and oxygen atoms in total. The maximum Gasteiger partial charge on any atom is 0.337 e. The van der Waals surface area contributed by atoms with E-state index in [4.69, 9.17) is 31.0 Å². The highest BCUT2D eigenvalue weighted by molar-refractivity contribution is 6.30. The molecule has 0 bridgehead atoms. The SMILES string of the molecule is CCOCc1cnc(N2CCN3C(C)=CCc4c(-c5ccc(Cl)cc5)c([C@H](OC(C)(C)C)C(=O)O)c(C)c2c43)nc1. The van der Waals surface area contributed by atoms with Crippen LogP contribution in [-0.4, -0.2) is 46.3 Å². The number of allylic oxidation sites excluding steroid dienone is 2. The molecule has 0 spiro atoms. The van der Waals surface area contributed by atoms with E-state index in [2.05, 4.69) is 22.8 Å². The Bertz CT molecular complexity index is 1480. The summed E-state index contributed by atoms with van der Waals surface area (Å²) in [6.45, 7) is 14.1. The van der Waals surface area contributed by atoms with Gasteiger partial charge in [0.2, 0.25) is 5.95 Å². The number of aliphatic carboxylic acids is 1. The summed E-state index contributed by atoms with van der Waals surface area (Å²) >= 11 is 6.27. The van der Waals surface area contributed by atoms with Crippen molar-refractivity contribution in [1.82, 2.24) is 9.97 Å². The van der Waals surface area contributed by atoms with E-state index in [1.807, 2.05) is 58.9 Å². The number of halogens is 1. The van der Waals surface area contributed by atoms with Crippen LogP contribution in [-0.2, 0) is 27.3 Å². The molecule has 0 fully saturated rings. The zero-order valence-corrected chi connectivity index (χ0v) is 25.2. The first-order valence-corrected chi connectivity index (χ1v) is 14.3. The van der Waals surface area contributed by atoms with Crippen molar-refractivity contribution in [3.05, 3.63) is 75.7 Å². The Morgan fingerprint density at radius 2 is 1.73 bits per heavy atom. The quantitative estimate of drug-likeness (QED) is 0.307. The van der Waals surface area contributed by atoms with Crippen molar-refractivity contribution in [1.29, 1.82) is 0 Å². The topological polar surface area (TPSA) is 88.0 Å². The predicted octanol–water partition coefficient (Wildman–Crippen LogP) is 7.00. The fraction of sp³-hybridized carbons (Fsp3) is 0.406. The van der Waals surface area contributed by atoms with E-state index in [1.165, 1.54) is 5.70 Å². The Balaban J connectivity index is 1.80. The van der Waals surface area contributed by atoms with Crippen molar-refractivity contribution in [3.8, 4) is 11.1 Å². The van der Waals surface area contributed by atoms with Crippen LogP contribution in [0.4, 0.5) is 17.3 Å². The van der Waals surface area contributed by atoms with Crippen molar-refractivity contribution < 1.29 is 19.4 Å². The third kappa shape index (κ3) is 5.69. The molecule has 1 atom stereocenters. The molecular weight excluding hydrogens is 540 g/mol. The van der Waals surface area contributed by atoms with Gasteiger partial charge in [0.05, 0.1) is 23.6 Å². The van der Waals surface area contributed by atoms with E-state index in [0.717, 1.165) is 45.7 Å². The third-order valence-electron chi connectivity index (χ3n) is 7.45. The first kappa shape index (κ1) is 29.0. The third-order valence-corrected chi connectivity index (χ3v) is 7.70. The standard InChI is InChI=1S/C32H37ClN4O4/c1-7-40-18-21-16-34-31(35-17-21)37-15-14-36-19(2)8-13-24-26(22-9-11-23(33)12-10-22)25(20(3)27(37)28(24)36)29(30(38)39)41-32(4,5)6/h8-12,16-17,29H,7,13-15,18H2,1-6H3,(H,38,39)/t29-/m0/s1. The lowest BCUT2D eigenvalue weighted by molar-refractivity contribution is -0.160. The number of carboxylic acids is 1. The lowest BCUT2D eigenvalue weighted by atomic mass is 9.82. The second kappa shape index (κ2) is 11.4. The molecule has 0 saturated heterocycles. The van der Waals surface area contributed by atoms with E-state index >= 15 is 0 Å². The fourth-order valence-electron chi connectivity index (χ4n) is 5.71. The highest BCUT2D eigenvalue weighted by atomic mass is 35.5. The molecule has 3 heterocycles. The highest BCUT2D eigenvalue weighted by Crippen LogP contribution is 2.52. The van der Waals surface area contributed by atoms with Gasteiger partial charge in [-0.1, -0.05) is 29.8 Å². The molecule has 0 unspecified atom stereocenters. The average molecular weight is 577 g/mol. The molecule has 1 N–H and O–H groups in total. The molecule has 41 heavy (non-hydrogen) atoms. The number of benzene rings is 2. The van der Waals surface area contributed by atoms with Gasteiger partial charge in [0, 0.05) is 53.9 Å². The molecule has 2 aromatic carbocycles. The van der Waals surface area contributed by atoms with Gasteiger partial charge in [-0.05, 0) is 82.3 Å². The van der Waals surface area contributed by atoms with Crippen molar-refractivity contribution >= 4 is 34.9 Å². The molecule has 0 radical (unpaired) electrons. The number of carbonyl (C=O) groups is 1. The summed E-state index contributed by atoms with van der Waals surface area (Å²) in [5.41, 5.74) is 7.63. The van der Waals surface area contributed by atoms with Gasteiger partial charge in [0.1, 0.15) is 0 Å². The van der Waals surface area contributed by atoms with E-state index in [0.29, 0.717) is 42.7 Å². The van der Waals surface area contributed by atoms with Crippen LogP contribution in [0.25, 0.3) is 11.1 Å². The van der Waals surface area contributed by atoms with Crippen molar-refractivity contribution in [2.45, 2.75) is 66.3 Å². The summed E-state index contributed by atoms with van der Waals surface area (Å²) in [5, 5.41) is 11.2. The Hall–Kier alpha value is -3.46. The maximum atomic E-state index is 12.9. The normalized spacial score (nSPS) is 15.4. The predicted molar refractivity (Wildman–Crippen MR) is 162 cm³/mol. The number of anilines is 3. The first-order chi connectivity index (χ1) is 19.5. The minimum absolute atomic E-state index is 0.452. The summed E-state index contributed by atoms with van der Waals surface area (Å²) in [5.74, 6) is -0.472. The Labute approximate surface area is 246 Å². The van der Waals surface area contributed by atoms with Crippen LogP contribution in [0.1, 0.15) is 63.0 Å².